The van der Waals surface area contributed by atoms with E-state index in [2.05, 4.69) is 10.2 Å². The SMILES string of the molecule is CN(C)CCOCCNCC1CCCN1C(=O)OC(C)(C)C. The Morgan fingerprint density at radius 3 is 2.68 bits per heavy atom. The van der Waals surface area contributed by atoms with Crippen LogP contribution in [0.5, 0.6) is 0 Å². The van der Waals surface area contributed by atoms with Gasteiger partial charge in [-0.25, -0.2) is 4.79 Å². The Kier molecular flexibility index (Phi) is 8.14. The van der Waals surface area contributed by atoms with Crippen LogP contribution in [0, 0.1) is 0 Å². The van der Waals surface area contributed by atoms with Gasteiger partial charge in [-0.05, 0) is 47.7 Å². The van der Waals surface area contributed by atoms with Gasteiger partial charge in [-0.2, -0.15) is 0 Å². The Balaban J connectivity index is 2.17. The van der Waals surface area contributed by atoms with Gasteiger partial charge in [-0.15, -0.1) is 0 Å². The molecular formula is C16H33N3O3. The zero-order valence-corrected chi connectivity index (χ0v) is 14.9. The van der Waals surface area contributed by atoms with E-state index in [1.165, 1.54) is 0 Å². The predicted molar refractivity (Wildman–Crippen MR) is 88.2 cm³/mol. The summed E-state index contributed by atoms with van der Waals surface area (Å²) in [5.41, 5.74) is -0.433. The number of ether oxygens (including phenoxy) is 2. The molecule has 1 N–H and O–H groups in total. The maximum Gasteiger partial charge on any atom is 0.410 e. The Morgan fingerprint density at radius 2 is 2.05 bits per heavy atom. The molecule has 0 aromatic carbocycles. The molecule has 1 rings (SSSR count). The fourth-order valence-corrected chi connectivity index (χ4v) is 2.37. The van der Waals surface area contributed by atoms with E-state index in [1.807, 2.05) is 39.8 Å². The van der Waals surface area contributed by atoms with Crippen LogP contribution < -0.4 is 5.32 Å². The zero-order chi connectivity index (χ0) is 16.6. The molecule has 6 nitrogen and oxygen atoms in total. The van der Waals surface area contributed by atoms with Gasteiger partial charge in [0.15, 0.2) is 0 Å². The van der Waals surface area contributed by atoms with Crippen molar-refractivity contribution in [1.29, 1.82) is 0 Å². The maximum atomic E-state index is 12.2. The lowest BCUT2D eigenvalue weighted by atomic mass is 10.2. The van der Waals surface area contributed by atoms with Crippen LogP contribution in [-0.2, 0) is 9.47 Å². The molecule has 130 valence electrons. The van der Waals surface area contributed by atoms with E-state index in [0.29, 0.717) is 6.61 Å². The lowest BCUT2D eigenvalue weighted by Gasteiger charge is -2.28. The highest BCUT2D eigenvalue weighted by atomic mass is 16.6. The molecule has 0 aromatic rings. The Labute approximate surface area is 135 Å². The van der Waals surface area contributed by atoms with E-state index in [9.17, 15) is 4.79 Å². The molecule has 0 spiro atoms. The molecule has 1 fully saturated rings. The van der Waals surface area contributed by atoms with Crippen molar-refractivity contribution < 1.29 is 14.3 Å². The van der Waals surface area contributed by atoms with Crippen LogP contribution >= 0.6 is 0 Å². The van der Waals surface area contributed by atoms with Gasteiger partial charge in [-0.1, -0.05) is 0 Å². The summed E-state index contributed by atoms with van der Waals surface area (Å²) in [4.78, 5) is 16.1. The van der Waals surface area contributed by atoms with Crippen molar-refractivity contribution >= 4 is 6.09 Å². The zero-order valence-electron chi connectivity index (χ0n) is 14.9. The van der Waals surface area contributed by atoms with Crippen LogP contribution in [0.3, 0.4) is 0 Å². The van der Waals surface area contributed by atoms with Crippen molar-refractivity contribution in [2.75, 3.05) is 53.5 Å². The van der Waals surface area contributed by atoms with Crippen molar-refractivity contribution in [2.24, 2.45) is 0 Å². The minimum absolute atomic E-state index is 0.195. The van der Waals surface area contributed by atoms with Crippen molar-refractivity contribution in [1.82, 2.24) is 15.1 Å². The van der Waals surface area contributed by atoms with Gasteiger partial charge >= 0.3 is 6.09 Å². The average Bonchev–Trinajstić information content (AvgIpc) is 2.83. The molecule has 1 saturated heterocycles. The summed E-state index contributed by atoms with van der Waals surface area (Å²) < 4.78 is 11.0. The second-order valence-electron chi connectivity index (χ2n) is 7.09. The van der Waals surface area contributed by atoms with Crippen molar-refractivity contribution in [3.05, 3.63) is 0 Å². The van der Waals surface area contributed by atoms with Gasteiger partial charge in [0.2, 0.25) is 0 Å². The van der Waals surface area contributed by atoms with Gasteiger partial charge in [0, 0.05) is 32.2 Å². The van der Waals surface area contributed by atoms with Gasteiger partial charge in [0.1, 0.15) is 5.60 Å². The summed E-state index contributed by atoms with van der Waals surface area (Å²) in [6.07, 6.45) is 1.89. The topological polar surface area (TPSA) is 54.0 Å². The molecule has 1 aliphatic heterocycles. The van der Waals surface area contributed by atoms with Gasteiger partial charge in [0.25, 0.3) is 0 Å². The van der Waals surface area contributed by atoms with E-state index >= 15 is 0 Å². The number of rotatable bonds is 8. The minimum atomic E-state index is -0.433. The van der Waals surface area contributed by atoms with Crippen LogP contribution in [0.2, 0.25) is 0 Å². The Bertz CT molecular complexity index is 329. The van der Waals surface area contributed by atoms with Gasteiger partial charge in [-0.3, -0.25) is 0 Å². The van der Waals surface area contributed by atoms with Crippen LogP contribution in [0.1, 0.15) is 33.6 Å². The first kappa shape index (κ1) is 19.2. The summed E-state index contributed by atoms with van der Waals surface area (Å²) in [5, 5.41) is 3.38. The number of hydrogen-bond donors (Lipinski definition) is 1. The summed E-state index contributed by atoms with van der Waals surface area (Å²) in [6, 6.07) is 0.233. The number of likely N-dealkylation sites (tertiary alicyclic amines) is 1. The highest BCUT2D eigenvalue weighted by Crippen LogP contribution is 2.20. The number of carbonyl (C=O) groups excluding carboxylic acids is 1. The average molecular weight is 315 g/mol. The van der Waals surface area contributed by atoms with Crippen molar-refractivity contribution in [2.45, 2.75) is 45.3 Å². The molecule has 1 unspecified atom stereocenters. The van der Waals surface area contributed by atoms with Crippen molar-refractivity contribution in [3.8, 4) is 0 Å². The molecule has 1 amide bonds. The molecule has 0 saturated carbocycles. The largest absolute Gasteiger partial charge is 0.444 e. The van der Waals surface area contributed by atoms with Crippen LogP contribution in [0.15, 0.2) is 0 Å². The summed E-state index contributed by atoms with van der Waals surface area (Å²) in [6.45, 7) is 10.5. The highest BCUT2D eigenvalue weighted by Gasteiger charge is 2.31. The number of likely N-dealkylation sites (N-methyl/N-ethyl adjacent to an activating group) is 1. The molecule has 1 heterocycles. The van der Waals surface area contributed by atoms with Crippen molar-refractivity contribution in [3.63, 3.8) is 0 Å². The summed E-state index contributed by atoms with van der Waals surface area (Å²) in [7, 11) is 4.07. The normalized spacial score (nSPS) is 19.0. The lowest BCUT2D eigenvalue weighted by Crippen LogP contribution is -2.44. The first-order valence-electron chi connectivity index (χ1n) is 8.22. The fraction of sp³-hybridized carbons (Fsp3) is 0.938. The summed E-state index contributed by atoms with van der Waals surface area (Å²) in [5.74, 6) is 0. The molecule has 1 atom stereocenters. The van der Waals surface area contributed by atoms with Gasteiger partial charge in [0.05, 0.1) is 13.2 Å². The van der Waals surface area contributed by atoms with Crippen LogP contribution in [0.4, 0.5) is 4.79 Å². The first-order chi connectivity index (χ1) is 10.3. The third kappa shape index (κ3) is 7.96. The molecule has 0 radical (unpaired) electrons. The number of nitrogens with one attached hydrogen (secondary N) is 1. The Hall–Kier alpha value is -0.850. The highest BCUT2D eigenvalue weighted by molar-refractivity contribution is 5.69. The second kappa shape index (κ2) is 9.33. The fourth-order valence-electron chi connectivity index (χ4n) is 2.37. The molecule has 6 heteroatoms. The molecule has 22 heavy (non-hydrogen) atoms. The number of amides is 1. The lowest BCUT2D eigenvalue weighted by molar-refractivity contribution is 0.0225. The van der Waals surface area contributed by atoms with Crippen LogP contribution in [-0.4, -0.2) is 81.0 Å². The van der Waals surface area contributed by atoms with E-state index in [1.54, 1.807) is 0 Å². The molecule has 0 bridgehead atoms. The number of carbonyl (C=O) groups is 1. The third-order valence-electron chi connectivity index (χ3n) is 3.49. The third-order valence-corrected chi connectivity index (χ3v) is 3.49. The minimum Gasteiger partial charge on any atom is -0.444 e. The molecular weight excluding hydrogens is 282 g/mol. The number of hydrogen-bond acceptors (Lipinski definition) is 5. The summed E-state index contributed by atoms with van der Waals surface area (Å²) >= 11 is 0. The monoisotopic (exact) mass is 315 g/mol. The van der Waals surface area contributed by atoms with E-state index in [-0.39, 0.29) is 12.1 Å². The van der Waals surface area contributed by atoms with E-state index in [4.69, 9.17) is 9.47 Å². The van der Waals surface area contributed by atoms with Gasteiger partial charge < -0.3 is 24.6 Å². The predicted octanol–water partition coefficient (Wildman–Crippen LogP) is 1.55. The quantitative estimate of drug-likeness (QED) is 0.689. The number of nitrogens with zero attached hydrogens (tertiary/aromatic N) is 2. The van der Waals surface area contributed by atoms with E-state index < -0.39 is 5.60 Å². The molecule has 0 aliphatic carbocycles. The van der Waals surface area contributed by atoms with Crippen LogP contribution in [0.25, 0.3) is 0 Å². The Morgan fingerprint density at radius 1 is 1.32 bits per heavy atom. The molecule has 0 aromatic heterocycles. The molecule has 1 aliphatic rings. The standard InChI is InChI=1S/C16H33N3O3/c1-16(2,3)22-15(20)19-9-6-7-14(19)13-17-8-11-21-12-10-18(4)5/h14,17H,6-13H2,1-5H3. The maximum absolute atomic E-state index is 12.2. The van der Waals surface area contributed by atoms with E-state index in [0.717, 1.165) is 45.6 Å². The first-order valence-corrected chi connectivity index (χ1v) is 8.22. The second-order valence-corrected chi connectivity index (χ2v) is 7.09. The smallest absolute Gasteiger partial charge is 0.410 e.